The van der Waals surface area contributed by atoms with Crippen LogP contribution in [0.2, 0.25) is 0 Å². The minimum Gasteiger partial charge on any atom is -0.460 e. The number of hydrogen-bond donors (Lipinski definition) is 1. The summed E-state index contributed by atoms with van der Waals surface area (Å²) in [5.41, 5.74) is 0.684. The van der Waals surface area contributed by atoms with E-state index in [4.69, 9.17) is 9.47 Å². The Morgan fingerprint density at radius 2 is 1.41 bits per heavy atom. The highest BCUT2D eigenvalue weighted by atomic mass is 16.6. The average Bonchev–Trinajstić information content (AvgIpc) is 2.82. The van der Waals surface area contributed by atoms with Gasteiger partial charge in [0.05, 0.1) is 6.42 Å². The topological polar surface area (TPSA) is 91.4 Å². The Kier molecular flexibility index (Phi) is 9.45. The predicted molar refractivity (Wildman–Crippen MR) is 144 cm³/mol. The molecular formula is C28H44N4O5. The summed E-state index contributed by atoms with van der Waals surface area (Å²) in [5.74, 6) is -0.520. The van der Waals surface area contributed by atoms with E-state index < -0.39 is 11.2 Å². The van der Waals surface area contributed by atoms with Crippen molar-refractivity contribution in [1.29, 1.82) is 0 Å². The third-order valence-corrected chi connectivity index (χ3v) is 6.48. The SMILES string of the molecule is CC(C)(C)OC(=O)CCNC(=O)c1ccc(N2CCN(C3CCN(C(=O)OC(C)(C)C)CC3)CC2)cc1. The van der Waals surface area contributed by atoms with E-state index in [1.54, 1.807) is 0 Å². The molecule has 2 saturated heterocycles. The van der Waals surface area contributed by atoms with Crippen LogP contribution in [0.25, 0.3) is 0 Å². The molecule has 206 valence electrons. The molecule has 0 spiro atoms. The number of esters is 1. The second kappa shape index (κ2) is 12.2. The molecule has 2 fully saturated rings. The first-order valence-electron chi connectivity index (χ1n) is 13.4. The summed E-state index contributed by atoms with van der Waals surface area (Å²) in [4.78, 5) is 43.3. The van der Waals surface area contributed by atoms with Crippen LogP contribution in [-0.2, 0) is 14.3 Å². The van der Waals surface area contributed by atoms with Crippen molar-refractivity contribution in [2.75, 3.05) is 50.7 Å². The van der Waals surface area contributed by atoms with Crippen LogP contribution < -0.4 is 10.2 Å². The summed E-state index contributed by atoms with van der Waals surface area (Å²) in [5, 5.41) is 2.79. The van der Waals surface area contributed by atoms with Gasteiger partial charge in [0.15, 0.2) is 0 Å². The van der Waals surface area contributed by atoms with Crippen LogP contribution in [0.15, 0.2) is 24.3 Å². The van der Waals surface area contributed by atoms with Gasteiger partial charge in [0.2, 0.25) is 0 Å². The lowest BCUT2D eigenvalue weighted by Gasteiger charge is -2.43. The largest absolute Gasteiger partial charge is 0.460 e. The van der Waals surface area contributed by atoms with Crippen LogP contribution in [0.5, 0.6) is 0 Å². The number of piperidine rings is 1. The number of hydrogen-bond acceptors (Lipinski definition) is 7. The Labute approximate surface area is 221 Å². The lowest BCUT2D eigenvalue weighted by atomic mass is 10.0. The van der Waals surface area contributed by atoms with Gasteiger partial charge in [-0.2, -0.15) is 0 Å². The molecule has 1 aromatic carbocycles. The van der Waals surface area contributed by atoms with E-state index in [1.165, 1.54) is 0 Å². The third kappa shape index (κ3) is 9.22. The normalized spacial score (nSPS) is 17.9. The molecule has 2 aliphatic heterocycles. The number of piperazine rings is 1. The highest BCUT2D eigenvalue weighted by Crippen LogP contribution is 2.23. The molecule has 0 aromatic heterocycles. The zero-order chi connectivity index (χ0) is 27.2. The fourth-order valence-corrected chi connectivity index (χ4v) is 4.68. The van der Waals surface area contributed by atoms with Gasteiger partial charge in [0, 0.05) is 63.1 Å². The van der Waals surface area contributed by atoms with Crippen molar-refractivity contribution in [3.05, 3.63) is 29.8 Å². The van der Waals surface area contributed by atoms with E-state index in [9.17, 15) is 14.4 Å². The minimum absolute atomic E-state index is 0.144. The van der Waals surface area contributed by atoms with E-state index >= 15 is 0 Å². The van der Waals surface area contributed by atoms with Crippen LogP contribution in [0.1, 0.15) is 71.2 Å². The van der Waals surface area contributed by atoms with Crippen LogP contribution in [0.3, 0.4) is 0 Å². The molecule has 3 rings (SSSR count). The van der Waals surface area contributed by atoms with Crippen molar-refractivity contribution in [3.8, 4) is 0 Å². The molecule has 0 bridgehead atoms. The molecular weight excluding hydrogens is 472 g/mol. The van der Waals surface area contributed by atoms with Gasteiger partial charge < -0.3 is 24.6 Å². The number of anilines is 1. The van der Waals surface area contributed by atoms with E-state index in [-0.39, 0.29) is 30.9 Å². The number of benzene rings is 1. The van der Waals surface area contributed by atoms with Gasteiger partial charge in [0.25, 0.3) is 5.91 Å². The zero-order valence-corrected chi connectivity index (χ0v) is 23.3. The first-order valence-corrected chi connectivity index (χ1v) is 13.4. The van der Waals surface area contributed by atoms with Crippen LogP contribution >= 0.6 is 0 Å². The Balaban J connectivity index is 1.39. The molecule has 37 heavy (non-hydrogen) atoms. The summed E-state index contributed by atoms with van der Waals surface area (Å²) in [6, 6.07) is 8.12. The second-order valence-corrected chi connectivity index (χ2v) is 11.9. The van der Waals surface area contributed by atoms with Gasteiger partial charge in [-0.15, -0.1) is 0 Å². The smallest absolute Gasteiger partial charge is 0.410 e. The molecule has 2 aliphatic rings. The van der Waals surface area contributed by atoms with Crippen molar-refractivity contribution in [1.82, 2.24) is 15.1 Å². The third-order valence-electron chi connectivity index (χ3n) is 6.48. The highest BCUT2D eigenvalue weighted by molar-refractivity contribution is 5.94. The fourth-order valence-electron chi connectivity index (χ4n) is 4.68. The number of nitrogens with zero attached hydrogens (tertiary/aromatic N) is 3. The second-order valence-electron chi connectivity index (χ2n) is 11.9. The summed E-state index contributed by atoms with van der Waals surface area (Å²) in [7, 11) is 0. The van der Waals surface area contributed by atoms with Gasteiger partial charge >= 0.3 is 12.1 Å². The molecule has 0 saturated carbocycles. The maximum atomic E-state index is 12.4. The lowest BCUT2D eigenvalue weighted by molar-refractivity contribution is -0.154. The van der Waals surface area contributed by atoms with Crippen molar-refractivity contribution in [3.63, 3.8) is 0 Å². The van der Waals surface area contributed by atoms with Crippen LogP contribution in [0, 0.1) is 0 Å². The van der Waals surface area contributed by atoms with Gasteiger partial charge in [-0.1, -0.05) is 0 Å². The molecule has 9 nitrogen and oxygen atoms in total. The summed E-state index contributed by atoms with van der Waals surface area (Å²) in [6.45, 7) is 16.7. The number of amides is 2. The maximum absolute atomic E-state index is 12.4. The van der Waals surface area contributed by atoms with Gasteiger partial charge in [-0.3, -0.25) is 14.5 Å². The molecule has 0 radical (unpaired) electrons. The van der Waals surface area contributed by atoms with Gasteiger partial charge in [-0.25, -0.2) is 4.79 Å². The van der Waals surface area contributed by atoms with E-state index in [1.807, 2.05) is 70.7 Å². The number of ether oxygens (including phenoxy) is 2. The highest BCUT2D eigenvalue weighted by Gasteiger charge is 2.31. The van der Waals surface area contributed by atoms with Gasteiger partial charge in [-0.05, 0) is 78.6 Å². The summed E-state index contributed by atoms with van der Waals surface area (Å²) < 4.78 is 10.8. The number of carbonyl (C=O) groups is 3. The Bertz CT molecular complexity index is 919. The monoisotopic (exact) mass is 516 g/mol. The standard InChI is InChI=1S/C28H44N4O5/c1-27(2,3)36-24(33)11-14-29-25(34)21-7-9-22(10-8-21)30-17-19-31(20-18-30)23-12-15-32(16-13-23)26(35)37-28(4,5)6/h7-10,23H,11-20H2,1-6H3,(H,29,34). The lowest BCUT2D eigenvalue weighted by Crippen LogP contribution is -2.54. The first-order chi connectivity index (χ1) is 17.3. The molecule has 1 aromatic rings. The molecule has 1 N–H and O–H groups in total. The number of likely N-dealkylation sites (tertiary alicyclic amines) is 1. The summed E-state index contributed by atoms with van der Waals surface area (Å²) in [6.07, 6.45) is 1.87. The van der Waals surface area contributed by atoms with Crippen molar-refractivity contribution < 1.29 is 23.9 Å². The minimum atomic E-state index is -0.526. The molecule has 2 heterocycles. The fraction of sp³-hybridized carbons (Fsp3) is 0.679. The Morgan fingerprint density at radius 1 is 0.838 bits per heavy atom. The summed E-state index contributed by atoms with van der Waals surface area (Å²) >= 11 is 0. The predicted octanol–water partition coefficient (Wildman–Crippen LogP) is 3.67. The molecule has 0 unspecified atom stereocenters. The van der Waals surface area contributed by atoms with E-state index in [0.29, 0.717) is 11.6 Å². The zero-order valence-electron chi connectivity index (χ0n) is 23.3. The van der Waals surface area contributed by atoms with Gasteiger partial charge in [0.1, 0.15) is 11.2 Å². The van der Waals surface area contributed by atoms with E-state index in [0.717, 1.165) is 57.8 Å². The molecule has 2 amide bonds. The van der Waals surface area contributed by atoms with E-state index in [2.05, 4.69) is 15.1 Å². The number of rotatable bonds is 6. The number of nitrogens with one attached hydrogen (secondary N) is 1. The molecule has 0 aliphatic carbocycles. The molecule has 0 atom stereocenters. The van der Waals surface area contributed by atoms with Crippen molar-refractivity contribution in [2.24, 2.45) is 0 Å². The van der Waals surface area contributed by atoms with Crippen molar-refractivity contribution >= 4 is 23.7 Å². The van der Waals surface area contributed by atoms with Crippen molar-refractivity contribution in [2.45, 2.75) is 78.0 Å². The molecule has 9 heteroatoms. The quantitative estimate of drug-likeness (QED) is 0.577. The average molecular weight is 517 g/mol. The van der Waals surface area contributed by atoms with Crippen LogP contribution in [0.4, 0.5) is 10.5 Å². The Hall–Kier alpha value is -2.81. The number of carbonyl (C=O) groups excluding carboxylic acids is 3. The maximum Gasteiger partial charge on any atom is 0.410 e. The van der Waals surface area contributed by atoms with Crippen LogP contribution in [-0.4, -0.2) is 90.8 Å². The first kappa shape index (κ1) is 28.8. The Morgan fingerprint density at radius 3 is 1.95 bits per heavy atom.